The van der Waals surface area contributed by atoms with Gasteiger partial charge in [0.25, 0.3) is 0 Å². The predicted molar refractivity (Wildman–Crippen MR) is 171 cm³/mol. The van der Waals surface area contributed by atoms with Crippen molar-refractivity contribution in [2.45, 2.75) is 0 Å². The Labute approximate surface area is 249 Å². The molecule has 7 aromatic rings. The first-order valence-corrected chi connectivity index (χ1v) is 13.9. The standard InChI is InChI=1S/C39H22N4/c40-23-26-13-14-39-37(19-26)36-11-4-5-12-38(36)43(39)35-18-28(25-42)17-34(22-35)31-10-6-9-30(20-31)33-16-27(24-41)15-32(21-33)29-7-2-1-3-8-29/h1-22H. The summed E-state index contributed by atoms with van der Waals surface area (Å²) in [4.78, 5) is 0. The van der Waals surface area contributed by atoms with Crippen LogP contribution in [0, 0.1) is 34.0 Å². The molecule has 43 heavy (non-hydrogen) atoms. The Bertz CT molecular complexity index is 2320. The monoisotopic (exact) mass is 546 g/mol. The molecule has 0 aliphatic carbocycles. The quantitative estimate of drug-likeness (QED) is 0.221. The Balaban J connectivity index is 1.39. The van der Waals surface area contributed by atoms with Gasteiger partial charge >= 0.3 is 0 Å². The smallest absolute Gasteiger partial charge is 0.0992 e. The number of fused-ring (bicyclic) bond motifs is 3. The third-order valence-corrected chi connectivity index (χ3v) is 7.81. The van der Waals surface area contributed by atoms with Crippen LogP contribution in [0.4, 0.5) is 0 Å². The van der Waals surface area contributed by atoms with Gasteiger partial charge in [0.2, 0.25) is 0 Å². The fourth-order valence-corrected chi connectivity index (χ4v) is 5.83. The van der Waals surface area contributed by atoms with Gasteiger partial charge < -0.3 is 4.57 Å². The van der Waals surface area contributed by atoms with Crippen LogP contribution >= 0.6 is 0 Å². The third kappa shape index (κ3) is 4.58. The van der Waals surface area contributed by atoms with E-state index in [1.165, 1.54) is 0 Å². The third-order valence-electron chi connectivity index (χ3n) is 7.81. The maximum absolute atomic E-state index is 10.0. The van der Waals surface area contributed by atoms with E-state index < -0.39 is 0 Å². The highest BCUT2D eigenvalue weighted by Gasteiger charge is 2.15. The number of para-hydroxylation sites is 1. The summed E-state index contributed by atoms with van der Waals surface area (Å²) < 4.78 is 2.16. The fraction of sp³-hybridized carbons (Fsp3) is 0. The van der Waals surface area contributed by atoms with E-state index in [1.54, 1.807) is 0 Å². The lowest BCUT2D eigenvalue weighted by Gasteiger charge is -2.13. The molecule has 0 atom stereocenters. The molecule has 0 fully saturated rings. The van der Waals surface area contributed by atoms with Gasteiger partial charge in [-0.05, 0) is 100 Å². The van der Waals surface area contributed by atoms with Crippen LogP contribution in [0.3, 0.4) is 0 Å². The van der Waals surface area contributed by atoms with E-state index in [2.05, 4.69) is 53.1 Å². The number of nitrogens with zero attached hydrogens (tertiary/aromatic N) is 4. The summed E-state index contributed by atoms with van der Waals surface area (Å²) in [7, 11) is 0. The van der Waals surface area contributed by atoms with Crippen molar-refractivity contribution in [3.8, 4) is 57.3 Å². The highest BCUT2D eigenvalue weighted by molar-refractivity contribution is 6.09. The summed E-state index contributed by atoms with van der Waals surface area (Å²) in [5, 5.41) is 31.4. The fourth-order valence-electron chi connectivity index (χ4n) is 5.83. The average Bonchev–Trinajstić information content (AvgIpc) is 3.42. The molecular weight excluding hydrogens is 524 g/mol. The lowest BCUT2D eigenvalue weighted by Crippen LogP contribution is -1.96. The molecule has 0 amide bonds. The molecule has 1 aromatic heterocycles. The molecule has 0 bridgehead atoms. The molecule has 4 nitrogen and oxygen atoms in total. The zero-order valence-corrected chi connectivity index (χ0v) is 23.0. The Morgan fingerprint density at radius 1 is 0.372 bits per heavy atom. The number of hydrogen-bond acceptors (Lipinski definition) is 3. The van der Waals surface area contributed by atoms with Crippen molar-refractivity contribution in [2.75, 3.05) is 0 Å². The first-order chi connectivity index (χ1) is 21.1. The molecule has 0 saturated heterocycles. The molecule has 4 heteroatoms. The number of hydrogen-bond donors (Lipinski definition) is 0. The normalized spacial score (nSPS) is 10.7. The molecule has 6 aromatic carbocycles. The Morgan fingerprint density at radius 2 is 0.930 bits per heavy atom. The van der Waals surface area contributed by atoms with Crippen molar-refractivity contribution < 1.29 is 0 Å². The van der Waals surface area contributed by atoms with E-state index in [1.807, 2.05) is 103 Å². The van der Waals surface area contributed by atoms with Gasteiger partial charge in [0.1, 0.15) is 0 Å². The Morgan fingerprint density at radius 3 is 1.65 bits per heavy atom. The summed E-state index contributed by atoms with van der Waals surface area (Å²) >= 11 is 0. The molecule has 0 unspecified atom stereocenters. The van der Waals surface area contributed by atoms with E-state index in [9.17, 15) is 15.8 Å². The van der Waals surface area contributed by atoms with E-state index >= 15 is 0 Å². The largest absolute Gasteiger partial charge is 0.309 e. The Kier molecular flexibility index (Phi) is 6.26. The second-order valence-corrected chi connectivity index (χ2v) is 10.4. The summed E-state index contributed by atoms with van der Waals surface area (Å²) in [6, 6.07) is 50.9. The van der Waals surface area contributed by atoms with E-state index in [0.717, 1.165) is 60.9 Å². The number of rotatable bonds is 4. The first kappa shape index (κ1) is 25.6. The van der Waals surface area contributed by atoms with Gasteiger partial charge in [-0.25, -0.2) is 0 Å². The first-order valence-electron chi connectivity index (χ1n) is 13.9. The van der Waals surface area contributed by atoms with Gasteiger partial charge in [-0.3, -0.25) is 0 Å². The van der Waals surface area contributed by atoms with Crippen molar-refractivity contribution in [2.24, 2.45) is 0 Å². The highest BCUT2D eigenvalue weighted by Crippen LogP contribution is 2.36. The van der Waals surface area contributed by atoms with Crippen molar-refractivity contribution in [1.82, 2.24) is 4.57 Å². The number of aromatic nitrogens is 1. The van der Waals surface area contributed by atoms with Crippen LogP contribution in [-0.4, -0.2) is 4.57 Å². The van der Waals surface area contributed by atoms with Crippen LogP contribution in [0.2, 0.25) is 0 Å². The minimum Gasteiger partial charge on any atom is -0.309 e. The molecule has 0 N–H and O–H groups in total. The summed E-state index contributed by atoms with van der Waals surface area (Å²) in [5.74, 6) is 0. The molecule has 0 aliphatic rings. The van der Waals surface area contributed by atoms with Crippen LogP contribution in [0.25, 0.3) is 60.9 Å². The second-order valence-electron chi connectivity index (χ2n) is 10.4. The van der Waals surface area contributed by atoms with Crippen molar-refractivity contribution >= 4 is 21.8 Å². The van der Waals surface area contributed by atoms with Crippen LogP contribution in [0.15, 0.2) is 133 Å². The number of benzene rings is 6. The van der Waals surface area contributed by atoms with Crippen molar-refractivity contribution in [3.63, 3.8) is 0 Å². The summed E-state index contributed by atoms with van der Waals surface area (Å²) in [6.45, 7) is 0. The van der Waals surface area contributed by atoms with Crippen LogP contribution in [0.5, 0.6) is 0 Å². The molecule has 7 rings (SSSR count). The maximum atomic E-state index is 10.0. The maximum Gasteiger partial charge on any atom is 0.0992 e. The van der Waals surface area contributed by atoms with E-state index in [4.69, 9.17) is 0 Å². The highest BCUT2D eigenvalue weighted by atomic mass is 15.0. The Hall–Kier alpha value is -6.41. The topological polar surface area (TPSA) is 76.3 Å². The van der Waals surface area contributed by atoms with Crippen LogP contribution in [0.1, 0.15) is 16.7 Å². The molecule has 1 heterocycles. The molecule has 0 aliphatic heterocycles. The van der Waals surface area contributed by atoms with Crippen LogP contribution < -0.4 is 0 Å². The molecule has 198 valence electrons. The van der Waals surface area contributed by atoms with Gasteiger partial charge in [-0.1, -0.05) is 66.7 Å². The molecule has 0 spiro atoms. The zero-order valence-electron chi connectivity index (χ0n) is 23.0. The lowest BCUT2D eigenvalue weighted by molar-refractivity contribution is 1.18. The number of nitriles is 3. The van der Waals surface area contributed by atoms with Crippen LogP contribution in [-0.2, 0) is 0 Å². The van der Waals surface area contributed by atoms with Crippen molar-refractivity contribution in [3.05, 3.63) is 150 Å². The van der Waals surface area contributed by atoms with Gasteiger partial charge in [-0.2, -0.15) is 15.8 Å². The summed E-state index contributed by atoms with van der Waals surface area (Å²) in [5.41, 5.74) is 10.4. The zero-order chi connectivity index (χ0) is 29.3. The minimum atomic E-state index is 0.551. The van der Waals surface area contributed by atoms with Gasteiger partial charge in [-0.15, -0.1) is 0 Å². The van der Waals surface area contributed by atoms with Crippen molar-refractivity contribution in [1.29, 1.82) is 15.8 Å². The molecule has 0 radical (unpaired) electrons. The average molecular weight is 547 g/mol. The molecule has 0 saturated carbocycles. The van der Waals surface area contributed by atoms with Gasteiger partial charge in [0.05, 0.1) is 45.9 Å². The van der Waals surface area contributed by atoms with Gasteiger partial charge in [0.15, 0.2) is 0 Å². The predicted octanol–water partition coefficient (Wildman–Crippen LogP) is 9.40. The van der Waals surface area contributed by atoms with E-state index in [-0.39, 0.29) is 0 Å². The lowest BCUT2D eigenvalue weighted by atomic mass is 9.94. The summed E-state index contributed by atoms with van der Waals surface area (Å²) in [6.07, 6.45) is 0. The second kappa shape index (κ2) is 10.5. The van der Waals surface area contributed by atoms with Gasteiger partial charge in [0, 0.05) is 16.5 Å². The minimum absolute atomic E-state index is 0.551. The SMILES string of the molecule is N#Cc1cc(-c2ccccc2)cc(-c2cccc(-c3cc(C#N)cc(-n4c5ccccc5c5cc(C#N)ccc54)c3)c2)c1. The van der Waals surface area contributed by atoms with E-state index in [0.29, 0.717) is 16.7 Å². The molecular formula is C39H22N4.